The maximum Gasteiger partial charge on any atom is 0.137 e. The molecule has 1 aromatic rings. The lowest BCUT2D eigenvalue weighted by molar-refractivity contribution is -0.118. The molecule has 0 aliphatic heterocycles. The van der Waals surface area contributed by atoms with Crippen LogP contribution in [0.5, 0.6) is 0 Å². The van der Waals surface area contributed by atoms with Gasteiger partial charge in [-0.2, -0.15) is 0 Å². The highest BCUT2D eigenvalue weighted by Gasteiger charge is 2.09. The molecule has 1 unspecified atom stereocenters. The molecule has 100 valence electrons. The Morgan fingerprint density at radius 2 is 1.89 bits per heavy atom. The van der Waals surface area contributed by atoms with E-state index in [2.05, 4.69) is 26.0 Å². The van der Waals surface area contributed by atoms with Crippen molar-refractivity contribution < 1.29 is 4.79 Å². The Balaban J connectivity index is 2.35. The molecule has 2 N–H and O–H groups in total. The third kappa shape index (κ3) is 5.46. The summed E-state index contributed by atoms with van der Waals surface area (Å²) in [5, 5.41) is 0. The van der Waals surface area contributed by atoms with Crippen molar-refractivity contribution in [3.8, 4) is 0 Å². The number of nitrogens with two attached hydrogens (primary N) is 1. The largest absolute Gasteiger partial charge is 0.330 e. The third-order valence-corrected chi connectivity index (χ3v) is 3.51. The van der Waals surface area contributed by atoms with Gasteiger partial charge in [-0.15, -0.1) is 0 Å². The molecule has 0 bridgehead atoms. The molecule has 0 aliphatic carbocycles. The van der Waals surface area contributed by atoms with Crippen molar-refractivity contribution in [1.82, 2.24) is 0 Å². The van der Waals surface area contributed by atoms with Gasteiger partial charge >= 0.3 is 0 Å². The van der Waals surface area contributed by atoms with Crippen LogP contribution in [0, 0.1) is 12.8 Å². The van der Waals surface area contributed by atoms with E-state index >= 15 is 0 Å². The number of benzene rings is 1. The van der Waals surface area contributed by atoms with E-state index in [-0.39, 0.29) is 0 Å². The second kappa shape index (κ2) is 8.04. The zero-order valence-electron chi connectivity index (χ0n) is 11.6. The van der Waals surface area contributed by atoms with Crippen LogP contribution in [0.15, 0.2) is 24.3 Å². The molecule has 0 saturated heterocycles. The van der Waals surface area contributed by atoms with Crippen LogP contribution in [-0.2, 0) is 11.2 Å². The molecule has 0 aliphatic rings. The lowest BCUT2D eigenvalue weighted by Crippen LogP contribution is -2.11. The Bertz CT molecular complexity index is 356. The van der Waals surface area contributed by atoms with Crippen LogP contribution in [0.3, 0.4) is 0 Å². The number of rotatable bonds is 8. The number of aryl methyl sites for hydroxylation is 1. The predicted octanol–water partition coefficient (Wildman–Crippen LogP) is 3.26. The second-order valence-corrected chi connectivity index (χ2v) is 5.09. The van der Waals surface area contributed by atoms with Crippen molar-refractivity contribution in [2.75, 3.05) is 6.54 Å². The van der Waals surface area contributed by atoms with Crippen LogP contribution in [0.25, 0.3) is 0 Å². The SMILES string of the molecule is CCC(CCN)CCC(=O)Cc1ccc(C)cc1. The first-order valence-corrected chi connectivity index (χ1v) is 6.93. The summed E-state index contributed by atoms with van der Waals surface area (Å²) in [6.45, 7) is 4.96. The minimum atomic E-state index is 0.342. The molecule has 1 aromatic carbocycles. The molecule has 1 atom stereocenters. The van der Waals surface area contributed by atoms with Gasteiger partial charge < -0.3 is 5.73 Å². The summed E-state index contributed by atoms with van der Waals surface area (Å²) in [6.07, 6.45) is 4.40. The van der Waals surface area contributed by atoms with E-state index in [0.29, 0.717) is 24.5 Å². The highest BCUT2D eigenvalue weighted by molar-refractivity contribution is 5.80. The van der Waals surface area contributed by atoms with Crippen LogP contribution in [0.4, 0.5) is 0 Å². The van der Waals surface area contributed by atoms with Gasteiger partial charge in [-0.1, -0.05) is 43.2 Å². The number of carbonyl (C=O) groups excluding carboxylic acids is 1. The van der Waals surface area contributed by atoms with Gasteiger partial charge in [0, 0.05) is 12.8 Å². The minimum absolute atomic E-state index is 0.342. The predicted molar refractivity (Wildman–Crippen MR) is 76.6 cm³/mol. The Labute approximate surface area is 111 Å². The van der Waals surface area contributed by atoms with E-state index in [1.165, 1.54) is 5.56 Å². The van der Waals surface area contributed by atoms with E-state index in [1.54, 1.807) is 0 Å². The van der Waals surface area contributed by atoms with Crippen LogP contribution < -0.4 is 5.73 Å². The van der Waals surface area contributed by atoms with Gasteiger partial charge in [0.25, 0.3) is 0 Å². The monoisotopic (exact) mass is 247 g/mol. The van der Waals surface area contributed by atoms with Gasteiger partial charge in [-0.05, 0) is 37.8 Å². The first kappa shape index (κ1) is 14.9. The van der Waals surface area contributed by atoms with Crippen LogP contribution in [0.2, 0.25) is 0 Å². The van der Waals surface area contributed by atoms with Crippen molar-refractivity contribution >= 4 is 5.78 Å². The summed E-state index contributed by atoms with van der Waals surface area (Å²) in [6, 6.07) is 8.21. The molecule has 2 heteroatoms. The molecule has 0 fully saturated rings. The maximum absolute atomic E-state index is 11.9. The summed E-state index contributed by atoms with van der Waals surface area (Å²) in [5.74, 6) is 0.950. The quantitative estimate of drug-likeness (QED) is 0.766. The van der Waals surface area contributed by atoms with E-state index in [4.69, 9.17) is 5.73 Å². The van der Waals surface area contributed by atoms with Gasteiger partial charge in [0.15, 0.2) is 0 Å². The van der Waals surface area contributed by atoms with Gasteiger partial charge in [0.2, 0.25) is 0 Å². The molecule has 0 radical (unpaired) electrons. The number of Topliss-reactive ketones (excluding diaryl/α,β-unsaturated/α-hetero) is 1. The molecule has 0 saturated carbocycles. The third-order valence-electron chi connectivity index (χ3n) is 3.51. The summed E-state index contributed by atoms with van der Waals surface area (Å²) in [7, 11) is 0. The average Bonchev–Trinajstić information content (AvgIpc) is 2.37. The Hall–Kier alpha value is -1.15. The zero-order chi connectivity index (χ0) is 13.4. The molecular formula is C16H25NO. The molecule has 1 rings (SSSR count). The molecule has 2 nitrogen and oxygen atoms in total. The summed E-state index contributed by atoms with van der Waals surface area (Å²) >= 11 is 0. The van der Waals surface area contributed by atoms with Crippen molar-refractivity contribution in [1.29, 1.82) is 0 Å². The number of hydrogen-bond acceptors (Lipinski definition) is 2. The summed E-state index contributed by atoms with van der Waals surface area (Å²) in [4.78, 5) is 11.9. The highest BCUT2D eigenvalue weighted by atomic mass is 16.1. The van der Waals surface area contributed by atoms with Gasteiger partial charge in [-0.25, -0.2) is 0 Å². The minimum Gasteiger partial charge on any atom is -0.330 e. The maximum atomic E-state index is 11.9. The van der Waals surface area contributed by atoms with E-state index in [0.717, 1.165) is 31.4 Å². The lowest BCUT2D eigenvalue weighted by Gasteiger charge is -2.12. The second-order valence-electron chi connectivity index (χ2n) is 5.09. The molecule has 0 aromatic heterocycles. The van der Waals surface area contributed by atoms with Crippen molar-refractivity contribution in [3.63, 3.8) is 0 Å². The Morgan fingerprint density at radius 3 is 2.44 bits per heavy atom. The van der Waals surface area contributed by atoms with Crippen molar-refractivity contribution in [2.24, 2.45) is 11.7 Å². The van der Waals surface area contributed by atoms with E-state index in [1.807, 2.05) is 12.1 Å². The highest BCUT2D eigenvalue weighted by Crippen LogP contribution is 2.15. The van der Waals surface area contributed by atoms with Crippen molar-refractivity contribution in [3.05, 3.63) is 35.4 Å². The molecular weight excluding hydrogens is 222 g/mol. The fraction of sp³-hybridized carbons (Fsp3) is 0.562. The molecule has 0 heterocycles. The Kier molecular flexibility index (Phi) is 6.66. The fourth-order valence-corrected chi connectivity index (χ4v) is 2.18. The average molecular weight is 247 g/mol. The zero-order valence-corrected chi connectivity index (χ0v) is 11.6. The summed E-state index contributed by atoms with van der Waals surface area (Å²) < 4.78 is 0. The van der Waals surface area contributed by atoms with E-state index < -0.39 is 0 Å². The van der Waals surface area contributed by atoms with Gasteiger partial charge in [-0.3, -0.25) is 4.79 Å². The number of carbonyl (C=O) groups is 1. The molecule has 0 amide bonds. The van der Waals surface area contributed by atoms with Crippen LogP contribution in [0.1, 0.15) is 43.7 Å². The normalized spacial score (nSPS) is 12.4. The van der Waals surface area contributed by atoms with Gasteiger partial charge in [0.1, 0.15) is 5.78 Å². The van der Waals surface area contributed by atoms with E-state index in [9.17, 15) is 4.79 Å². The Morgan fingerprint density at radius 1 is 1.22 bits per heavy atom. The number of hydrogen-bond donors (Lipinski definition) is 1. The van der Waals surface area contributed by atoms with Crippen LogP contribution in [-0.4, -0.2) is 12.3 Å². The van der Waals surface area contributed by atoms with Crippen LogP contribution >= 0.6 is 0 Å². The molecule has 18 heavy (non-hydrogen) atoms. The lowest BCUT2D eigenvalue weighted by atomic mass is 9.94. The topological polar surface area (TPSA) is 43.1 Å². The van der Waals surface area contributed by atoms with Gasteiger partial charge in [0.05, 0.1) is 0 Å². The smallest absolute Gasteiger partial charge is 0.137 e. The first-order valence-electron chi connectivity index (χ1n) is 6.93. The van der Waals surface area contributed by atoms with Crippen molar-refractivity contribution in [2.45, 2.75) is 46.0 Å². The fourth-order valence-electron chi connectivity index (χ4n) is 2.18. The first-order chi connectivity index (χ1) is 8.65. The number of ketones is 1. The molecule has 0 spiro atoms. The summed E-state index contributed by atoms with van der Waals surface area (Å²) in [5.41, 5.74) is 7.92. The standard InChI is InChI=1S/C16H25NO/c1-3-14(10-11-17)8-9-16(18)12-15-6-4-13(2)5-7-15/h4-7,14H,3,8-12,17H2,1-2H3.